The van der Waals surface area contributed by atoms with Crippen LogP contribution in [0, 0.1) is 0 Å². The standard InChI is InChI=1S/C8H11NO2/c10-8-1-2-9-3-4-11-6-7(9)5-8/h5H,1-4,6H2. The Morgan fingerprint density at radius 2 is 2.36 bits per heavy atom. The second-order valence-electron chi connectivity index (χ2n) is 2.89. The van der Waals surface area contributed by atoms with Gasteiger partial charge in [-0.25, -0.2) is 0 Å². The van der Waals surface area contributed by atoms with Crippen LogP contribution in [0.3, 0.4) is 0 Å². The van der Waals surface area contributed by atoms with Crippen molar-refractivity contribution in [3.8, 4) is 0 Å². The monoisotopic (exact) mass is 153 g/mol. The first-order valence-electron chi connectivity index (χ1n) is 3.92. The molecule has 11 heavy (non-hydrogen) atoms. The molecule has 3 nitrogen and oxygen atoms in total. The second-order valence-corrected chi connectivity index (χ2v) is 2.89. The van der Waals surface area contributed by atoms with Gasteiger partial charge < -0.3 is 9.64 Å². The van der Waals surface area contributed by atoms with Crippen LogP contribution in [-0.4, -0.2) is 37.0 Å². The van der Waals surface area contributed by atoms with E-state index in [-0.39, 0.29) is 5.78 Å². The lowest BCUT2D eigenvalue weighted by Gasteiger charge is -2.33. The van der Waals surface area contributed by atoms with Gasteiger partial charge in [-0.1, -0.05) is 0 Å². The van der Waals surface area contributed by atoms with Gasteiger partial charge in [-0.3, -0.25) is 4.79 Å². The molecule has 0 aliphatic carbocycles. The molecule has 2 aliphatic heterocycles. The van der Waals surface area contributed by atoms with Gasteiger partial charge in [0.05, 0.1) is 13.2 Å². The smallest absolute Gasteiger partial charge is 0.159 e. The lowest BCUT2D eigenvalue weighted by Crippen LogP contribution is -2.38. The molecule has 0 bridgehead atoms. The predicted octanol–water partition coefficient (Wildman–Crippen LogP) is 0.175. The number of ketones is 1. The highest BCUT2D eigenvalue weighted by atomic mass is 16.5. The van der Waals surface area contributed by atoms with Crippen molar-refractivity contribution in [2.24, 2.45) is 0 Å². The van der Waals surface area contributed by atoms with Gasteiger partial charge in [0.25, 0.3) is 0 Å². The number of fused-ring (bicyclic) bond motifs is 1. The maximum atomic E-state index is 11.0. The lowest BCUT2D eigenvalue weighted by molar-refractivity contribution is -0.116. The minimum atomic E-state index is 0.238. The van der Waals surface area contributed by atoms with Gasteiger partial charge in [-0.15, -0.1) is 0 Å². The van der Waals surface area contributed by atoms with E-state index in [4.69, 9.17) is 4.74 Å². The second kappa shape index (κ2) is 2.66. The first kappa shape index (κ1) is 6.85. The molecular formula is C8H11NO2. The Bertz CT molecular complexity index is 210. The molecule has 0 aromatic carbocycles. The molecule has 1 fully saturated rings. The maximum absolute atomic E-state index is 11.0. The summed E-state index contributed by atoms with van der Waals surface area (Å²) in [6.45, 7) is 3.24. The topological polar surface area (TPSA) is 29.5 Å². The third-order valence-electron chi connectivity index (χ3n) is 2.12. The molecule has 60 valence electrons. The molecule has 2 aliphatic rings. The van der Waals surface area contributed by atoms with Crippen LogP contribution in [0.4, 0.5) is 0 Å². The molecular weight excluding hydrogens is 142 g/mol. The van der Waals surface area contributed by atoms with Crippen LogP contribution in [0.2, 0.25) is 0 Å². The molecule has 0 saturated carbocycles. The summed E-state index contributed by atoms with van der Waals surface area (Å²) >= 11 is 0. The first-order chi connectivity index (χ1) is 5.36. The van der Waals surface area contributed by atoms with Crippen molar-refractivity contribution in [3.05, 3.63) is 11.8 Å². The van der Waals surface area contributed by atoms with Crippen LogP contribution < -0.4 is 0 Å². The zero-order valence-electron chi connectivity index (χ0n) is 6.38. The van der Waals surface area contributed by atoms with Crippen LogP contribution in [0.15, 0.2) is 11.8 Å². The van der Waals surface area contributed by atoms with E-state index in [2.05, 4.69) is 4.90 Å². The third-order valence-corrected chi connectivity index (χ3v) is 2.12. The molecule has 0 unspecified atom stereocenters. The molecule has 0 aromatic rings. The molecule has 0 N–H and O–H groups in total. The van der Waals surface area contributed by atoms with E-state index in [0.717, 1.165) is 25.4 Å². The van der Waals surface area contributed by atoms with Crippen molar-refractivity contribution in [1.82, 2.24) is 4.90 Å². The summed E-state index contributed by atoms with van der Waals surface area (Å²) in [5, 5.41) is 0. The van der Waals surface area contributed by atoms with Crippen LogP contribution in [0.5, 0.6) is 0 Å². The molecule has 2 rings (SSSR count). The van der Waals surface area contributed by atoms with E-state index in [9.17, 15) is 4.79 Å². The number of nitrogens with zero attached hydrogens (tertiary/aromatic N) is 1. The Kier molecular flexibility index (Phi) is 1.66. The molecule has 0 amide bonds. The quantitative estimate of drug-likeness (QED) is 0.497. The Labute approximate surface area is 65.6 Å². The van der Waals surface area contributed by atoms with Crippen molar-refractivity contribution < 1.29 is 9.53 Å². The van der Waals surface area contributed by atoms with Crippen molar-refractivity contribution in [2.45, 2.75) is 6.42 Å². The molecule has 1 saturated heterocycles. The van der Waals surface area contributed by atoms with Gasteiger partial charge in [0.15, 0.2) is 5.78 Å². The summed E-state index contributed by atoms with van der Waals surface area (Å²) in [7, 11) is 0. The highest BCUT2D eigenvalue weighted by Crippen LogP contribution is 2.15. The zero-order chi connectivity index (χ0) is 7.68. The van der Waals surface area contributed by atoms with Gasteiger partial charge in [-0.2, -0.15) is 0 Å². The average molecular weight is 153 g/mol. The van der Waals surface area contributed by atoms with Gasteiger partial charge in [0, 0.05) is 31.3 Å². The van der Waals surface area contributed by atoms with Crippen LogP contribution >= 0.6 is 0 Å². The summed E-state index contributed by atoms with van der Waals surface area (Å²) in [5.74, 6) is 0.238. The van der Waals surface area contributed by atoms with E-state index >= 15 is 0 Å². The number of morpholine rings is 1. The number of hydrogen-bond donors (Lipinski definition) is 0. The van der Waals surface area contributed by atoms with E-state index in [1.165, 1.54) is 0 Å². The van der Waals surface area contributed by atoms with E-state index in [1.807, 2.05) is 0 Å². The predicted molar refractivity (Wildman–Crippen MR) is 40.1 cm³/mol. The van der Waals surface area contributed by atoms with Crippen molar-refractivity contribution in [1.29, 1.82) is 0 Å². The maximum Gasteiger partial charge on any atom is 0.159 e. The fourth-order valence-electron chi connectivity index (χ4n) is 1.48. The van der Waals surface area contributed by atoms with Crippen molar-refractivity contribution >= 4 is 5.78 Å². The Morgan fingerprint density at radius 3 is 3.27 bits per heavy atom. The highest BCUT2D eigenvalue weighted by Gasteiger charge is 2.20. The normalized spacial score (nSPS) is 24.5. The SMILES string of the molecule is O=C1C=C2COCCN2CC1. The van der Waals surface area contributed by atoms with Crippen LogP contribution in [0.1, 0.15) is 6.42 Å². The van der Waals surface area contributed by atoms with Gasteiger partial charge >= 0.3 is 0 Å². The third kappa shape index (κ3) is 1.28. The van der Waals surface area contributed by atoms with Gasteiger partial charge in [0.1, 0.15) is 0 Å². The fourth-order valence-corrected chi connectivity index (χ4v) is 1.48. The first-order valence-corrected chi connectivity index (χ1v) is 3.92. The number of ether oxygens (including phenoxy) is 1. The molecule has 0 atom stereocenters. The molecule has 2 heterocycles. The van der Waals surface area contributed by atoms with Crippen LogP contribution in [-0.2, 0) is 9.53 Å². The van der Waals surface area contributed by atoms with E-state index in [1.54, 1.807) is 6.08 Å². The summed E-state index contributed by atoms with van der Waals surface area (Å²) in [6, 6.07) is 0. The molecule has 0 spiro atoms. The Morgan fingerprint density at radius 1 is 1.45 bits per heavy atom. The number of rotatable bonds is 0. The minimum absolute atomic E-state index is 0.238. The Hall–Kier alpha value is -0.830. The fraction of sp³-hybridized carbons (Fsp3) is 0.625. The van der Waals surface area contributed by atoms with Crippen LogP contribution in [0.25, 0.3) is 0 Å². The summed E-state index contributed by atoms with van der Waals surface area (Å²) in [6.07, 6.45) is 2.38. The van der Waals surface area contributed by atoms with Crippen molar-refractivity contribution in [2.75, 3.05) is 26.3 Å². The average Bonchev–Trinajstić information content (AvgIpc) is 2.04. The van der Waals surface area contributed by atoms with Gasteiger partial charge in [0.2, 0.25) is 0 Å². The number of carbonyl (C=O) groups excluding carboxylic acids is 1. The van der Waals surface area contributed by atoms with E-state index in [0.29, 0.717) is 13.0 Å². The largest absolute Gasteiger partial charge is 0.373 e. The number of hydrogen-bond acceptors (Lipinski definition) is 3. The van der Waals surface area contributed by atoms with Gasteiger partial charge in [-0.05, 0) is 0 Å². The molecule has 0 radical (unpaired) electrons. The number of allylic oxidation sites excluding steroid dienone is 1. The lowest BCUT2D eigenvalue weighted by atomic mass is 10.1. The van der Waals surface area contributed by atoms with Crippen molar-refractivity contribution in [3.63, 3.8) is 0 Å². The zero-order valence-corrected chi connectivity index (χ0v) is 6.38. The minimum Gasteiger partial charge on any atom is -0.373 e. The summed E-state index contributed by atoms with van der Waals surface area (Å²) in [4.78, 5) is 13.2. The summed E-state index contributed by atoms with van der Waals surface area (Å²) < 4.78 is 5.23. The Balaban J connectivity index is 2.16. The summed E-state index contributed by atoms with van der Waals surface area (Å²) in [5.41, 5.74) is 1.06. The highest BCUT2D eigenvalue weighted by molar-refractivity contribution is 5.91. The van der Waals surface area contributed by atoms with E-state index < -0.39 is 0 Å². The molecule has 3 heteroatoms. The number of carbonyl (C=O) groups is 1. The molecule has 0 aromatic heterocycles.